The highest BCUT2D eigenvalue weighted by atomic mass is 35.5. The number of halogens is 1. The van der Waals surface area contributed by atoms with Crippen molar-refractivity contribution in [1.82, 2.24) is 4.57 Å². The van der Waals surface area contributed by atoms with Crippen molar-refractivity contribution in [2.45, 2.75) is 11.1 Å². The third-order valence-corrected chi connectivity index (χ3v) is 7.27. The van der Waals surface area contributed by atoms with E-state index in [2.05, 4.69) is 4.40 Å². The minimum Gasteiger partial charge on any atom is -0.494 e. The summed E-state index contributed by atoms with van der Waals surface area (Å²) in [7, 11) is -1.98. The van der Waals surface area contributed by atoms with Crippen LogP contribution in [-0.2, 0) is 17.1 Å². The van der Waals surface area contributed by atoms with Gasteiger partial charge in [-0.3, -0.25) is 0 Å². The molecule has 2 heterocycles. The maximum Gasteiger partial charge on any atom is 0.294 e. The molecule has 0 aliphatic carbocycles. The first kappa shape index (κ1) is 16.5. The lowest BCUT2D eigenvalue weighted by molar-refractivity contribution is 0.341. The number of ether oxygens (including phenoxy) is 1. The molecular weight excluding hydrogens is 376 g/mol. The molecule has 0 N–H and O–H groups in total. The van der Waals surface area contributed by atoms with Crippen LogP contribution in [0.5, 0.6) is 5.75 Å². The molecule has 1 aromatic carbocycles. The summed E-state index contributed by atoms with van der Waals surface area (Å²) in [4.78, 5) is 0.401. The van der Waals surface area contributed by atoms with Gasteiger partial charge in [-0.25, -0.2) is 0 Å². The van der Waals surface area contributed by atoms with Gasteiger partial charge in [-0.1, -0.05) is 22.9 Å². The highest BCUT2D eigenvalue weighted by Gasteiger charge is 2.16. The molecule has 122 valence electrons. The van der Waals surface area contributed by atoms with Crippen molar-refractivity contribution in [3.05, 3.63) is 39.5 Å². The predicted molar refractivity (Wildman–Crippen MR) is 94.0 cm³/mol. The minimum atomic E-state index is -3.77. The molecule has 0 atom stereocenters. The number of benzene rings is 1. The van der Waals surface area contributed by atoms with Crippen molar-refractivity contribution >= 4 is 54.5 Å². The molecule has 0 spiro atoms. The normalized spacial score (nSPS) is 12.9. The zero-order valence-corrected chi connectivity index (χ0v) is 15.5. The average Bonchev–Trinajstić information content (AvgIpc) is 3.05. The zero-order chi connectivity index (χ0) is 16.6. The van der Waals surface area contributed by atoms with E-state index in [1.54, 1.807) is 17.7 Å². The highest BCUT2D eigenvalue weighted by Crippen LogP contribution is 2.27. The first-order valence-electron chi connectivity index (χ1n) is 6.69. The van der Waals surface area contributed by atoms with Crippen molar-refractivity contribution < 1.29 is 13.2 Å². The van der Waals surface area contributed by atoms with Crippen LogP contribution in [0.15, 0.2) is 38.9 Å². The van der Waals surface area contributed by atoms with Crippen LogP contribution < -0.4 is 9.54 Å². The van der Waals surface area contributed by atoms with E-state index < -0.39 is 10.0 Å². The third kappa shape index (κ3) is 3.30. The van der Waals surface area contributed by atoms with Gasteiger partial charge in [0.2, 0.25) is 4.80 Å². The van der Waals surface area contributed by atoms with Gasteiger partial charge in [0.25, 0.3) is 10.0 Å². The fourth-order valence-electron chi connectivity index (χ4n) is 2.04. The Morgan fingerprint density at radius 1 is 1.26 bits per heavy atom. The van der Waals surface area contributed by atoms with E-state index in [0.29, 0.717) is 15.7 Å². The Bertz CT molecular complexity index is 1030. The Morgan fingerprint density at radius 2 is 2.04 bits per heavy atom. The molecule has 0 fully saturated rings. The number of fused-ring (bicyclic) bond motifs is 1. The molecule has 0 radical (unpaired) electrons. The molecule has 23 heavy (non-hydrogen) atoms. The number of aryl methyl sites for hydroxylation is 1. The van der Waals surface area contributed by atoms with Crippen LogP contribution in [0.2, 0.25) is 4.34 Å². The van der Waals surface area contributed by atoms with Gasteiger partial charge >= 0.3 is 0 Å². The number of aromatic nitrogens is 1. The van der Waals surface area contributed by atoms with E-state index in [4.69, 9.17) is 16.3 Å². The van der Waals surface area contributed by atoms with E-state index in [1.807, 2.05) is 25.1 Å². The number of rotatable bonds is 4. The van der Waals surface area contributed by atoms with Crippen LogP contribution in [0.4, 0.5) is 0 Å². The van der Waals surface area contributed by atoms with Crippen LogP contribution in [-0.4, -0.2) is 19.6 Å². The molecule has 3 aromatic rings. The number of hydrogen-bond acceptors (Lipinski definition) is 5. The second kappa shape index (κ2) is 6.27. The van der Waals surface area contributed by atoms with Gasteiger partial charge in [0.1, 0.15) is 9.96 Å². The van der Waals surface area contributed by atoms with Gasteiger partial charge in [0, 0.05) is 7.05 Å². The Hall–Kier alpha value is -1.35. The monoisotopic (exact) mass is 388 g/mol. The summed E-state index contributed by atoms with van der Waals surface area (Å²) >= 11 is 8.10. The van der Waals surface area contributed by atoms with Crippen LogP contribution in [0.25, 0.3) is 10.2 Å². The first-order chi connectivity index (χ1) is 10.9. The minimum absolute atomic E-state index is 0.134. The fraction of sp³-hybridized carbons (Fsp3) is 0.214. The number of thiazole rings is 1. The summed E-state index contributed by atoms with van der Waals surface area (Å²) in [5.41, 5.74) is 0.900. The average molecular weight is 389 g/mol. The maximum absolute atomic E-state index is 12.4. The molecule has 0 aliphatic heterocycles. The second-order valence-corrected chi connectivity index (χ2v) is 9.19. The summed E-state index contributed by atoms with van der Waals surface area (Å²) in [5.74, 6) is 0.751. The third-order valence-electron chi connectivity index (χ3n) is 3.09. The van der Waals surface area contributed by atoms with Crippen molar-refractivity contribution in [3.8, 4) is 5.75 Å². The lowest BCUT2D eigenvalue weighted by Crippen LogP contribution is -2.13. The van der Waals surface area contributed by atoms with E-state index >= 15 is 0 Å². The summed E-state index contributed by atoms with van der Waals surface area (Å²) in [6, 6.07) is 8.65. The molecular formula is C14H13ClN2O3S3. The van der Waals surface area contributed by atoms with Crippen molar-refractivity contribution in [3.63, 3.8) is 0 Å². The predicted octanol–water partition coefficient (Wildman–Crippen LogP) is 3.64. The van der Waals surface area contributed by atoms with Crippen molar-refractivity contribution in [1.29, 1.82) is 0 Å². The Labute approximate surface area is 146 Å². The molecule has 0 amide bonds. The van der Waals surface area contributed by atoms with Crippen molar-refractivity contribution in [2.75, 3.05) is 6.61 Å². The topological polar surface area (TPSA) is 60.7 Å². The molecule has 0 saturated heterocycles. The fourth-order valence-corrected chi connectivity index (χ4v) is 5.78. The molecule has 0 aliphatic rings. The molecule has 5 nitrogen and oxygen atoms in total. The summed E-state index contributed by atoms with van der Waals surface area (Å²) in [5, 5.41) is 0. The lowest BCUT2D eigenvalue weighted by atomic mass is 10.3. The largest absolute Gasteiger partial charge is 0.494 e. The Kier molecular flexibility index (Phi) is 4.50. The molecule has 0 saturated carbocycles. The SMILES string of the molecule is CCOc1ccc2c(c1)s/c(=N\S(=O)(=O)c1ccc(Cl)s1)n2C. The molecule has 2 aromatic heterocycles. The lowest BCUT2D eigenvalue weighted by Gasteiger charge is -2.02. The van der Waals surface area contributed by atoms with Crippen LogP contribution in [0.3, 0.4) is 0 Å². The zero-order valence-electron chi connectivity index (χ0n) is 12.3. The number of thiophene rings is 1. The van der Waals surface area contributed by atoms with E-state index in [9.17, 15) is 8.42 Å². The smallest absolute Gasteiger partial charge is 0.294 e. The molecule has 3 rings (SSSR count). The van der Waals surface area contributed by atoms with E-state index in [1.165, 1.54) is 17.4 Å². The Balaban J connectivity index is 2.14. The number of hydrogen-bond donors (Lipinski definition) is 0. The quantitative estimate of drug-likeness (QED) is 0.685. The number of sulfonamides is 1. The van der Waals surface area contributed by atoms with E-state index in [0.717, 1.165) is 27.3 Å². The Morgan fingerprint density at radius 3 is 2.70 bits per heavy atom. The first-order valence-corrected chi connectivity index (χ1v) is 10.1. The van der Waals surface area contributed by atoms with Gasteiger partial charge in [-0.2, -0.15) is 8.42 Å². The van der Waals surface area contributed by atoms with Gasteiger partial charge < -0.3 is 9.30 Å². The van der Waals surface area contributed by atoms with Crippen LogP contribution >= 0.6 is 34.3 Å². The van der Waals surface area contributed by atoms with E-state index in [-0.39, 0.29) is 4.21 Å². The van der Waals surface area contributed by atoms with Gasteiger partial charge in [-0.15, -0.1) is 15.7 Å². The molecule has 9 heteroatoms. The van der Waals surface area contributed by atoms with Crippen molar-refractivity contribution in [2.24, 2.45) is 11.4 Å². The summed E-state index contributed by atoms with van der Waals surface area (Å²) in [6.45, 7) is 2.49. The van der Waals surface area contributed by atoms with Crippen LogP contribution in [0, 0.1) is 0 Å². The van der Waals surface area contributed by atoms with Gasteiger partial charge in [0.05, 0.1) is 21.2 Å². The maximum atomic E-state index is 12.4. The van der Waals surface area contributed by atoms with Gasteiger partial charge in [-0.05, 0) is 37.3 Å². The molecule has 0 unspecified atom stereocenters. The standard InChI is InChI=1S/C14H13ClN2O3S3/c1-3-20-9-4-5-10-11(8-9)21-14(17(10)2)16-23(18,19)13-7-6-12(15)22-13/h4-8H,3H2,1-2H3/b16-14-. The molecule has 0 bridgehead atoms. The van der Waals surface area contributed by atoms with Gasteiger partial charge in [0.15, 0.2) is 0 Å². The number of nitrogens with zero attached hydrogens (tertiary/aromatic N) is 2. The summed E-state index contributed by atoms with van der Waals surface area (Å²) < 4.78 is 37.4. The highest BCUT2D eigenvalue weighted by molar-refractivity contribution is 7.92. The summed E-state index contributed by atoms with van der Waals surface area (Å²) in [6.07, 6.45) is 0. The van der Waals surface area contributed by atoms with Crippen LogP contribution in [0.1, 0.15) is 6.92 Å². The second-order valence-electron chi connectivity index (χ2n) is 4.63.